The molecule has 0 aliphatic carbocycles. The van der Waals surface area contributed by atoms with E-state index in [4.69, 9.17) is 9.47 Å². The van der Waals surface area contributed by atoms with Gasteiger partial charge in [0, 0.05) is 5.56 Å². The molecule has 0 radical (unpaired) electrons. The van der Waals surface area contributed by atoms with Crippen LogP contribution >= 0.6 is 0 Å². The van der Waals surface area contributed by atoms with Gasteiger partial charge in [-0.2, -0.15) is 0 Å². The van der Waals surface area contributed by atoms with Gasteiger partial charge in [-0.15, -0.1) is 0 Å². The average molecular weight is 278 g/mol. The summed E-state index contributed by atoms with van der Waals surface area (Å²) in [5.74, 6) is -2.65. The van der Waals surface area contributed by atoms with Crippen LogP contribution in [0.15, 0.2) is 24.3 Å². The van der Waals surface area contributed by atoms with E-state index in [9.17, 15) is 14.4 Å². The highest BCUT2D eigenvalue weighted by atomic mass is 16.6. The minimum absolute atomic E-state index is 0.140. The molecule has 1 aromatic rings. The molecule has 0 atom stereocenters. The van der Waals surface area contributed by atoms with Crippen molar-refractivity contribution in [2.45, 2.75) is 26.7 Å². The Hall–Kier alpha value is -2.17. The lowest BCUT2D eigenvalue weighted by Crippen LogP contribution is -2.26. The van der Waals surface area contributed by atoms with Gasteiger partial charge in [-0.1, -0.05) is 18.2 Å². The van der Waals surface area contributed by atoms with E-state index < -0.39 is 17.9 Å². The van der Waals surface area contributed by atoms with Crippen LogP contribution in [0.25, 0.3) is 0 Å². The first-order valence-corrected chi connectivity index (χ1v) is 6.45. The van der Waals surface area contributed by atoms with Gasteiger partial charge in [-0.3, -0.25) is 14.4 Å². The van der Waals surface area contributed by atoms with E-state index in [1.165, 1.54) is 13.0 Å². The third-order valence-corrected chi connectivity index (χ3v) is 2.67. The summed E-state index contributed by atoms with van der Waals surface area (Å²) in [6.07, 6.45) is 0. The minimum atomic E-state index is -1.16. The summed E-state index contributed by atoms with van der Waals surface area (Å²) < 4.78 is 9.80. The van der Waals surface area contributed by atoms with Crippen molar-refractivity contribution in [1.29, 1.82) is 0 Å². The van der Waals surface area contributed by atoms with E-state index in [2.05, 4.69) is 0 Å². The van der Waals surface area contributed by atoms with Crippen molar-refractivity contribution in [3.05, 3.63) is 35.4 Å². The van der Waals surface area contributed by atoms with E-state index in [1.807, 2.05) is 0 Å². The van der Waals surface area contributed by atoms with Crippen molar-refractivity contribution in [2.24, 2.45) is 0 Å². The fourth-order valence-corrected chi connectivity index (χ4v) is 1.76. The normalized spacial score (nSPS) is 10.2. The van der Waals surface area contributed by atoms with Gasteiger partial charge in [0.25, 0.3) is 0 Å². The van der Waals surface area contributed by atoms with Crippen molar-refractivity contribution in [1.82, 2.24) is 0 Å². The smallest absolute Gasteiger partial charge is 0.324 e. The SMILES string of the molecule is CCOC(=O)C(C(=O)OCC)c1cccc(C(C)=O)c1. The molecule has 0 fully saturated rings. The van der Waals surface area contributed by atoms with E-state index in [0.717, 1.165) is 0 Å². The molecule has 0 bridgehead atoms. The van der Waals surface area contributed by atoms with Gasteiger partial charge < -0.3 is 9.47 Å². The molecule has 0 aliphatic heterocycles. The van der Waals surface area contributed by atoms with Crippen LogP contribution in [-0.2, 0) is 19.1 Å². The molecule has 20 heavy (non-hydrogen) atoms. The lowest BCUT2D eigenvalue weighted by atomic mass is 9.96. The molecule has 0 saturated heterocycles. The highest BCUT2D eigenvalue weighted by molar-refractivity contribution is 6.01. The minimum Gasteiger partial charge on any atom is -0.465 e. The van der Waals surface area contributed by atoms with Gasteiger partial charge in [0.05, 0.1) is 13.2 Å². The highest BCUT2D eigenvalue weighted by Gasteiger charge is 2.31. The van der Waals surface area contributed by atoms with Crippen LogP contribution in [0.3, 0.4) is 0 Å². The van der Waals surface area contributed by atoms with Crippen LogP contribution in [0.4, 0.5) is 0 Å². The van der Waals surface area contributed by atoms with Crippen LogP contribution in [0.1, 0.15) is 42.6 Å². The molecule has 0 spiro atoms. The molecule has 0 saturated carbocycles. The van der Waals surface area contributed by atoms with Gasteiger partial charge >= 0.3 is 11.9 Å². The van der Waals surface area contributed by atoms with Crippen molar-refractivity contribution in [2.75, 3.05) is 13.2 Å². The summed E-state index contributed by atoms with van der Waals surface area (Å²) in [6, 6.07) is 6.36. The number of ether oxygens (including phenoxy) is 2. The van der Waals surface area contributed by atoms with Crippen LogP contribution in [0.5, 0.6) is 0 Å². The monoisotopic (exact) mass is 278 g/mol. The Labute approximate surface area is 117 Å². The molecule has 5 heteroatoms. The first-order chi connectivity index (χ1) is 9.51. The van der Waals surface area contributed by atoms with Gasteiger partial charge in [-0.05, 0) is 32.4 Å². The molecule has 5 nitrogen and oxygen atoms in total. The van der Waals surface area contributed by atoms with Crippen molar-refractivity contribution >= 4 is 17.7 Å². The Morgan fingerprint density at radius 3 is 2.05 bits per heavy atom. The highest BCUT2D eigenvalue weighted by Crippen LogP contribution is 2.21. The molecule has 0 aromatic heterocycles. The maximum Gasteiger partial charge on any atom is 0.324 e. The number of esters is 2. The predicted molar refractivity (Wildman–Crippen MR) is 72.5 cm³/mol. The quantitative estimate of drug-likeness (QED) is 0.453. The second-order valence-electron chi connectivity index (χ2n) is 4.12. The number of hydrogen-bond acceptors (Lipinski definition) is 5. The Morgan fingerprint density at radius 2 is 1.60 bits per heavy atom. The third kappa shape index (κ3) is 3.91. The van der Waals surface area contributed by atoms with Crippen LogP contribution in [0, 0.1) is 0 Å². The lowest BCUT2D eigenvalue weighted by molar-refractivity contribution is -0.156. The second-order valence-corrected chi connectivity index (χ2v) is 4.12. The zero-order valence-electron chi connectivity index (χ0n) is 11.8. The summed E-state index contributed by atoms with van der Waals surface area (Å²) in [6.45, 7) is 5.07. The predicted octanol–water partition coefficient (Wildman–Crippen LogP) is 2.10. The number of carbonyl (C=O) groups is 3. The number of carbonyl (C=O) groups excluding carboxylic acids is 3. The van der Waals surface area contributed by atoms with E-state index in [1.54, 1.807) is 32.0 Å². The van der Waals surface area contributed by atoms with Gasteiger partial charge in [0.1, 0.15) is 0 Å². The Kier molecular flexibility index (Phi) is 5.90. The van der Waals surface area contributed by atoms with Crippen LogP contribution in [0.2, 0.25) is 0 Å². The molecular formula is C15H18O5. The summed E-state index contributed by atoms with van der Waals surface area (Å²) in [5, 5.41) is 0. The molecule has 1 rings (SSSR count). The molecular weight excluding hydrogens is 260 g/mol. The number of hydrogen-bond donors (Lipinski definition) is 0. The molecule has 0 N–H and O–H groups in total. The molecule has 0 unspecified atom stereocenters. The van der Waals surface area contributed by atoms with Crippen molar-refractivity contribution in [3.8, 4) is 0 Å². The van der Waals surface area contributed by atoms with Crippen LogP contribution < -0.4 is 0 Å². The van der Waals surface area contributed by atoms with Crippen molar-refractivity contribution < 1.29 is 23.9 Å². The first-order valence-electron chi connectivity index (χ1n) is 6.45. The first kappa shape index (κ1) is 15.9. The van der Waals surface area contributed by atoms with E-state index in [-0.39, 0.29) is 19.0 Å². The molecule has 0 heterocycles. The Morgan fingerprint density at radius 1 is 1.05 bits per heavy atom. The number of ketones is 1. The standard InChI is InChI=1S/C15H18O5/c1-4-19-14(17)13(15(18)20-5-2)12-8-6-7-11(9-12)10(3)16/h6-9,13H,4-5H2,1-3H3. The summed E-state index contributed by atoms with van der Waals surface area (Å²) in [7, 11) is 0. The Bertz CT molecular complexity index is 489. The number of rotatable bonds is 6. The third-order valence-electron chi connectivity index (χ3n) is 2.67. The largest absolute Gasteiger partial charge is 0.465 e. The van der Waals surface area contributed by atoms with Crippen LogP contribution in [-0.4, -0.2) is 30.9 Å². The van der Waals surface area contributed by atoms with Gasteiger partial charge in [-0.25, -0.2) is 0 Å². The van der Waals surface area contributed by atoms with E-state index >= 15 is 0 Å². The molecule has 108 valence electrons. The second kappa shape index (κ2) is 7.43. The Balaban J connectivity index is 3.15. The summed E-state index contributed by atoms with van der Waals surface area (Å²) in [4.78, 5) is 35.2. The fraction of sp³-hybridized carbons (Fsp3) is 0.400. The molecule has 0 amide bonds. The average Bonchev–Trinajstić information content (AvgIpc) is 2.40. The lowest BCUT2D eigenvalue weighted by Gasteiger charge is -2.15. The number of Topliss-reactive ketones (excluding diaryl/α,β-unsaturated/α-hetero) is 1. The summed E-state index contributed by atoms with van der Waals surface area (Å²) in [5.41, 5.74) is 0.829. The van der Waals surface area contributed by atoms with Crippen molar-refractivity contribution in [3.63, 3.8) is 0 Å². The van der Waals surface area contributed by atoms with E-state index in [0.29, 0.717) is 11.1 Å². The van der Waals surface area contributed by atoms with Gasteiger partial charge in [0.15, 0.2) is 11.7 Å². The summed E-state index contributed by atoms with van der Waals surface area (Å²) >= 11 is 0. The topological polar surface area (TPSA) is 69.7 Å². The van der Waals surface area contributed by atoms with Gasteiger partial charge in [0.2, 0.25) is 0 Å². The fourth-order valence-electron chi connectivity index (χ4n) is 1.76. The molecule has 0 aliphatic rings. The zero-order chi connectivity index (χ0) is 15.1. The maximum atomic E-state index is 11.9. The number of benzene rings is 1. The zero-order valence-corrected chi connectivity index (χ0v) is 11.8. The maximum absolute atomic E-state index is 11.9. The molecule has 1 aromatic carbocycles.